The third-order valence-corrected chi connectivity index (χ3v) is 3.08. The van der Waals surface area contributed by atoms with Crippen molar-refractivity contribution in [1.29, 1.82) is 0 Å². The normalized spacial score (nSPS) is 12.6. The Bertz CT molecular complexity index is 402. The number of benzene rings is 1. The predicted molar refractivity (Wildman–Crippen MR) is 65.2 cm³/mol. The van der Waals surface area contributed by atoms with Gasteiger partial charge < -0.3 is 10.4 Å². The number of hydrogen-bond acceptors (Lipinski definition) is 4. The van der Waals surface area contributed by atoms with Crippen molar-refractivity contribution >= 4 is 11.3 Å². The summed E-state index contributed by atoms with van der Waals surface area (Å²) in [5.74, 6) is 0. The maximum atomic E-state index is 9.87. The first kappa shape index (κ1) is 11.3. The molecule has 0 spiro atoms. The quantitative estimate of drug-likeness (QED) is 0.831. The van der Waals surface area contributed by atoms with Crippen LogP contribution < -0.4 is 5.32 Å². The number of rotatable bonds is 5. The molecule has 0 aliphatic heterocycles. The van der Waals surface area contributed by atoms with Crippen LogP contribution in [0.3, 0.4) is 0 Å². The molecule has 0 amide bonds. The van der Waals surface area contributed by atoms with Crippen LogP contribution in [0.2, 0.25) is 0 Å². The minimum atomic E-state index is -0.450. The molecule has 2 rings (SSSR count). The summed E-state index contributed by atoms with van der Waals surface area (Å²) in [5.41, 5.74) is 2.75. The first-order valence-corrected chi connectivity index (χ1v) is 6.05. The molecule has 0 aliphatic rings. The van der Waals surface area contributed by atoms with E-state index in [4.69, 9.17) is 0 Å². The fraction of sp³-hybridized carbons (Fsp3) is 0.250. The first-order chi connectivity index (χ1) is 7.86. The van der Waals surface area contributed by atoms with Crippen LogP contribution in [-0.2, 0) is 6.54 Å². The van der Waals surface area contributed by atoms with E-state index in [1.165, 1.54) is 4.88 Å². The van der Waals surface area contributed by atoms with Gasteiger partial charge in [-0.2, -0.15) is 0 Å². The van der Waals surface area contributed by atoms with Gasteiger partial charge in [0.15, 0.2) is 0 Å². The molecule has 1 aromatic carbocycles. The van der Waals surface area contributed by atoms with Crippen molar-refractivity contribution in [2.24, 2.45) is 0 Å². The van der Waals surface area contributed by atoms with Crippen molar-refractivity contribution in [2.45, 2.75) is 12.6 Å². The molecule has 2 N–H and O–H groups in total. The molecule has 0 saturated carbocycles. The van der Waals surface area contributed by atoms with E-state index in [1.807, 2.05) is 42.0 Å². The van der Waals surface area contributed by atoms with Gasteiger partial charge in [-0.1, -0.05) is 30.3 Å². The summed E-state index contributed by atoms with van der Waals surface area (Å²) in [6.07, 6.45) is 1.39. The third kappa shape index (κ3) is 3.13. The largest absolute Gasteiger partial charge is 0.387 e. The Hall–Kier alpha value is -1.23. The van der Waals surface area contributed by atoms with E-state index < -0.39 is 6.10 Å². The number of aromatic nitrogens is 1. The smallest absolute Gasteiger partial charge is 0.0914 e. The summed E-state index contributed by atoms with van der Waals surface area (Å²) < 4.78 is 0. The van der Waals surface area contributed by atoms with E-state index in [9.17, 15) is 5.11 Å². The van der Waals surface area contributed by atoms with Gasteiger partial charge in [0, 0.05) is 24.2 Å². The van der Waals surface area contributed by atoms with E-state index in [0.717, 1.165) is 12.1 Å². The first-order valence-electron chi connectivity index (χ1n) is 5.17. The van der Waals surface area contributed by atoms with Gasteiger partial charge in [-0.25, -0.2) is 0 Å². The summed E-state index contributed by atoms with van der Waals surface area (Å²) in [6, 6.07) is 9.67. The Balaban J connectivity index is 1.78. The molecule has 0 radical (unpaired) electrons. The zero-order valence-electron chi connectivity index (χ0n) is 8.84. The third-order valence-electron chi connectivity index (χ3n) is 2.30. The lowest BCUT2D eigenvalue weighted by atomic mass is 10.1. The maximum Gasteiger partial charge on any atom is 0.0914 e. The van der Waals surface area contributed by atoms with Crippen molar-refractivity contribution in [3.8, 4) is 0 Å². The minimum Gasteiger partial charge on any atom is -0.387 e. The number of aliphatic hydroxyl groups excluding tert-OH is 1. The van der Waals surface area contributed by atoms with Crippen LogP contribution in [0.1, 0.15) is 16.5 Å². The van der Waals surface area contributed by atoms with Crippen LogP contribution in [0.4, 0.5) is 0 Å². The molecule has 0 saturated heterocycles. The lowest BCUT2D eigenvalue weighted by molar-refractivity contribution is 0.174. The number of nitrogens with one attached hydrogen (secondary N) is 1. The van der Waals surface area contributed by atoms with Crippen molar-refractivity contribution in [3.05, 3.63) is 52.5 Å². The molecule has 1 heterocycles. The van der Waals surface area contributed by atoms with Crippen molar-refractivity contribution in [1.82, 2.24) is 10.3 Å². The van der Waals surface area contributed by atoms with Gasteiger partial charge in [0.05, 0.1) is 11.6 Å². The van der Waals surface area contributed by atoms with Crippen LogP contribution in [0.15, 0.2) is 42.0 Å². The van der Waals surface area contributed by atoms with Crippen LogP contribution in [0, 0.1) is 0 Å². The molecule has 1 aromatic heterocycles. The Morgan fingerprint density at radius 1 is 1.31 bits per heavy atom. The summed E-state index contributed by atoms with van der Waals surface area (Å²) in [6.45, 7) is 1.32. The Labute approximate surface area is 98.8 Å². The van der Waals surface area contributed by atoms with Gasteiger partial charge in [0.1, 0.15) is 0 Å². The molecule has 84 valence electrons. The fourth-order valence-corrected chi connectivity index (χ4v) is 2.02. The van der Waals surface area contributed by atoms with Gasteiger partial charge >= 0.3 is 0 Å². The number of hydrogen-bond donors (Lipinski definition) is 2. The Morgan fingerprint density at radius 2 is 2.12 bits per heavy atom. The topological polar surface area (TPSA) is 45.1 Å². The van der Waals surface area contributed by atoms with Gasteiger partial charge in [0.2, 0.25) is 0 Å². The van der Waals surface area contributed by atoms with Gasteiger partial charge in [0.25, 0.3) is 0 Å². The van der Waals surface area contributed by atoms with Gasteiger partial charge in [-0.05, 0) is 5.56 Å². The highest BCUT2D eigenvalue weighted by molar-refractivity contribution is 7.09. The maximum absolute atomic E-state index is 9.87. The van der Waals surface area contributed by atoms with Crippen LogP contribution in [0.5, 0.6) is 0 Å². The van der Waals surface area contributed by atoms with Gasteiger partial charge in [-0.3, -0.25) is 4.98 Å². The molecule has 0 aliphatic carbocycles. The Morgan fingerprint density at radius 3 is 2.81 bits per heavy atom. The molecule has 4 heteroatoms. The average Bonchev–Trinajstić information content (AvgIpc) is 2.83. The minimum absolute atomic E-state index is 0.450. The average molecular weight is 234 g/mol. The molecule has 1 atom stereocenters. The number of thiazole rings is 1. The fourth-order valence-electron chi connectivity index (χ4n) is 1.45. The van der Waals surface area contributed by atoms with Crippen molar-refractivity contribution < 1.29 is 5.11 Å². The summed E-state index contributed by atoms with van der Waals surface area (Å²) in [5, 5.41) is 13.1. The highest BCUT2D eigenvalue weighted by atomic mass is 32.1. The van der Waals surface area contributed by atoms with Gasteiger partial charge in [-0.15, -0.1) is 11.3 Å². The van der Waals surface area contributed by atoms with E-state index in [2.05, 4.69) is 10.3 Å². The summed E-state index contributed by atoms with van der Waals surface area (Å²) in [4.78, 5) is 5.17. The number of aliphatic hydroxyl groups is 1. The molecule has 2 aromatic rings. The van der Waals surface area contributed by atoms with E-state index in [0.29, 0.717) is 6.54 Å². The van der Waals surface area contributed by atoms with Crippen molar-refractivity contribution in [3.63, 3.8) is 0 Å². The van der Waals surface area contributed by atoms with Crippen molar-refractivity contribution in [2.75, 3.05) is 6.54 Å². The van der Waals surface area contributed by atoms with Crippen LogP contribution in [-0.4, -0.2) is 16.6 Å². The highest BCUT2D eigenvalue weighted by Gasteiger charge is 2.05. The number of nitrogens with zero attached hydrogens (tertiary/aromatic N) is 1. The monoisotopic (exact) mass is 234 g/mol. The van der Waals surface area contributed by atoms with Crippen LogP contribution in [0.25, 0.3) is 0 Å². The Kier molecular flexibility index (Phi) is 4.04. The molecular formula is C12H14N2OS. The molecule has 0 bridgehead atoms. The standard InChI is InChI=1S/C12H14N2OS/c15-12(10-4-2-1-3-5-10)8-13-6-11-7-14-9-16-11/h1-5,7,9,12-13,15H,6,8H2. The molecule has 3 nitrogen and oxygen atoms in total. The second-order valence-electron chi connectivity index (χ2n) is 3.53. The molecule has 16 heavy (non-hydrogen) atoms. The second-order valence-corrected chi connectivity index (χ2v) is 4.50. The zero-order valence-corrected chi connectivity index (χ0v) is 9.65. The zero-order chi connectivity index (χ0) is 11.2. The van der Waals surface area contributed by atoms with E-state index >= 15 is 0 Å². The van der Waals surface area contributed by atoms with E-state index in [-0.39, 0.29) is 0 Å². The molecule has 0 fully saturated rings. The molecular weight excluding hydrogens is 220 g/mol. The highest BCUT2D eigenvalue weighted by Crippen LogP contribution is 2.11. The summed E-state index contributed by atoms with van der Waals surface area (Å²) in [7, 11) is 0. The van der Waals surface area contributed by atoms with Crippen LogP contribution >= 0.6 is 11.3 Å². The molecule has 1 unspecified atom stereocenters. The lowest BCUT2D eigenvalue weighted by Gasteiger charge is -2.11. The lowest BCUT2D eigenvalue weighted by Crippen LogP contribution is -2.20. The summed E-state index contributed by atoms with van der Waals surface area (Å²) >= 11 is 1.62. The SMILES string of the molecule is OC(CNCc1cncs1)c1ccccc1. The second kappa shape index (κ2) is 5.75. The van der Waals surface area contributed by atoms with E-state index in [1.54, 1.807) is 11.3 Å². The predicted octanol–water partition coefficient (Wildman–Crippen LogP) is 1.97.